The fourth-order valence-corrected chi connectivity index (χ4v) is 14.1. The predicted octanol–water partition coefficient (Wildman–Crippen LogP) is 7.33. The van der Waals surface area contributed by atoms with Crippen LogP contribution >= 0.6 is 0 Å². The monoisotopic (exact) mass is 618 g/mol. The van der Waals surface area contributed by atoms with E-state index in [0.29, 0.717) is 0 Å². The molecule has 8 aromatic rings. The first kappa shape index (κ1) is 26.4. The van der Waals surface area contributed by atoms with Gasteiger partial charge in [0.1, 0.15) is 0 Å². The first-order valence-corrected chi connectivity index (χ1v) is 18.2. The summed E-state index contributed by atoms with van der Waals surface area (Å²) in [6, 6.07) is 47.6. The quantitative estimate of drug-likeness (QED) is 0.190. The normalized spacial score (nSPS) is 13.9. The molecule has 0 unspecified atom stereocenters. The molecule has 0 N–H and O–H groups in total. The highest BCUT2D eigenvalue weighted by Crippen LogP contribution is 2.43. The van der Waals surface area contributed by atoms with Gasteiger partial charge in [0, 0.05) is 34.8 Å². The van der Waals surface area contributed by atoms with Crippen LogP contribution in [-0.2, 0) is 0 Å². The van der Waals surface area contributed by atoms with Crippen molar-refractivity contribution in [2.45, 2.75) is 13.8 Å². The topological polar surface area (TPSA) is 34.0 Å². The molecule has 222 valence electrons. The Morgan fingerprint density at radius 1 is 0.532 bits per heavy atom. The van der Waals surface area contributed by atoms with Crippen LogP contribution in [-0.4, -0.2) is 22.6 Å². The number of hydrogen-bond acceptors (Lipinski definition) is 3. The number of hydrogen-bond donors (Lipinski definition) is 0. The Hall–Kier alpha value is -5.78. The molecule has 5 aromatic carbocycles. The first-order valence-electron chi connectivity index (χ1n) is 16.2. The first-order chi connectivity index (χ1) is 23.1. The predicted molar refractivity (Wildman–Crippen MR) is 197 cm³/mol. The van der Waals surface area contributed by atoms with Gasteiger partial charge in [-0.3, -0.25) is 9.97 Å². The molecule has 4 nitrogen and oxygen atoms in total. The summed E-state index contributed by atoms with van der Waals surface area (Å²) >= 11 is 0. The zero-order valence-electron chi connectivity index (χ0n) is 26.1. The molecule has 5 heteroatoms. The number of fused-ring (bicyclic) bond motifs is 12. The molecule has 47 heavy (non-hydrogen) atoms. The number of rotatable bonds is 2. The highest BCUT2D eigenvalue weighted by atomic mass is 28.3. The van der Waals surface area contributed by atoms with Crippen molar-refractivity contribution in [2.24, 2.45) is 0 Å². The van der Waals surface area contributed by atoms with E-state index in [1.807, 2.05) is 30.7 Å². The summed E-state index contributed by atoms with van der Waals surface area (Å²) < 4.78 is 2.27. The van der Waals surface area contributed by atoms with E-state index in [1.54, 1.807) is 0 Å². The molecule has 0 amide bonds. The summed E-state index contributed by atoms with van der Waals surface area (Å²) in [4.78, 5) is 11.8. The van der Waals surface area contributed by atoms with E-state index in [0.717, 1.165) is 33.3 Å². The molecule has 0 radical (unpaired) electrons. The van der Waals surface area contributed by atoms with Crippen molar-refractivity contribution in [1.29, 1.82) is 0 Å². The number of aromatic nitrogens is 3. The van der Waals surface area contributed by atoms with Gasteiger partial charge >= 0.3 is 0 Å². The molecular formula is C42H30N4Si. The van der Waals surface area contributed by atoms with Crippen LogP contribution in [0.4, 0.5) is 17.1 Å². The zero-order chi connectivity index (χ0) is 31.3. The minimum absolute atomic E-state index is 0.989. The number of anilines is 3. The molecule has 0 saturated heterocycles. The van der Waals surface area contributed by atoms with Gasteiger partial charge in [-0.2, -0.15) is 0 Å². The number of nitrogens with zero attached hydrogens (tertiary/aromatic N) is 4. The van der Waals surface area contributed by atoms with E-state index >= 15 is 0 Å². The summed E-state index contributed by atoms with van der Waals surface area (Å²) in [7, 11) is -2.64. The van der Waals surface area contributed by atoms with Gasteiger partial charge in [0.2, 0.25) is 0 Å². The van der Waals surface area contributed by atoms with Crippen LogP contribution in [0.5, 0.6) is 0 Å². The molecule has 0 aliphatic carbocycles. The Morgan fingerprint density at radius 2 is 1.19 bits per heavy atom. The molecule has 5 heterocycles. The average molecular weight is 619 g/mol. The van der Waals surface area contributed by atoms with Crippen LogP contribution < -0.4 is 25.6 Å². The fraction of sp³-hybridized carbons (Fsp3) is 0.0476. The van der Waals surface area contributed by atoms with E-state index < -0.39 is 8.07 Å². The maximum absolute atomic E-state index is 4.91. The maximum Gasteiger partial charge on any atom is 0.185 e. The summed E-state index contributed by atoms with van der Waals surface area (Å²) in [5.74, 6) is 0. The van der Waals surface area contributed by atoms with Gasteiger partial charge in [-0.05, 0) is 100 Å². The molecule has 0 fully saturated rings. The maximum atomic E-state index is 4.91. The lowest BCUT2D eigenvalue weighted by molar-refractivity contribution is 1.14. The van der Waals surface area contributed by atoms with Crippen molar-refractivity contribution in [3.05, 3.63) is 157 Å². The smallest absolute Gasteiger partial charge is 0.185 e. The second-order valence-electron chi connectivity index (χ2n) is 12.8. The molecule has 10 rings (SSSR count). The van der Waals surface area contributed by atoms with E-state index in [1.165, 1.54) is 54.4 Å². The van der Waals surface area contributed by atoms with E-state index in [-0.39, 0.29) is 0 Å². The average Bonchev–Trinajstić information content (AvgIpc) is 3.60. The summed E-state index contributed by atoms with van der Waals surface area (Å²) in [6.07, 6.45) is 5.63. The highest BCUT2D eigenvalue weighted by molar-refractivity contribution is 7.23. The minimum Gasteiger partial charge on any atom is -0.311 e. The van der Waals surface area contributed by atoms with Crippen LogP contribution in [0.25, 0.3) is 38.8 Å². The van der Waals surface area contributed by atoms with Gasteiger partial charge in [0.05, 0.1) is 28.4 Å². The third-order valence-electron chi connectivity index (χ3n) is 10.2. The Kier molecular flexibility index (Phi) is 5.41. The highest BCUT2D eigenvalue weighted by Gasteiger charge is 2.54. The van der Waals surface area contributed by atoms with Crippen LogP contribution in [0.1, 0.15) is 11.1 Å². The van der Waals surface area contributed by atoms with Crippen LogP contribution in [0.15, 0.2) is 146 Å². The van der Waals surface area contributed by atoms with Crippen molar-refractivity contribution in [3.63, 3.8) is 0 Å². The van der Waals surface area contributed by atoms with Crippen molar-refractivity contribution >= 4 is 67.8 Å². The molecule has 2 aliphatic heterocycles. The Morgan fingerprint density at radius 3 is 1.85 bits per heavy atom. The molecule has 0 bridgehead atoms. The molecule has 1 spiro atoms. The van der Waals surface area contributed by atoms with Crippen LogP contribution in [0.3, 0.4) is 0 Å². The largest absolute Gasteiger partial charge is 0.311 e. The van der Waals surface area contributed by atoms with Crippen LogP contribution in [0, 0.1) is 13.8 Å². The van der Waals surface area contributed by atoms with Gasteiger partial charge in [0.25, 0.3) is 0 Å². The Balaban J connectivity index is 1.30. The summed E-state index contributed by atoms with van der Waals surface area (Å²) in [5, 5.41) is 6.99. The van der Waals surface area contributed by atoms with Crippen molar-refractivity contribution in [3.8, 4) is 16.8 Å². The van der Waals surface area contributed by atoms with Gasteiger partial charge in [-0.15, -0.1) is 0 Å². The van der Waals surface area contributed by atoms with Crippen molar-refractivity contribution < 1.29 is 0 Å². The fourth-order valence-electron chi connectivity index (χ4n) is 8.39. The van der Waals surface area contributed by atoms with E-state index in [4.69, 9.17) is 4.98 Å². The van der Waals surface area contributed by atoms with E-state index in [9.17, 15) is 0 Å². The Bertz CT molecular complexity index is 2470. The second-order valence-corrected chi connectivity index (χ2v) is 16.5. The molecular weight excluding hydrogens is 589 g/mol. The van der Waals surface area contributed by atoms with Gasteiger partial charge in [-0.25, -0.2) is 0 Å². The van der Waals surface area contributed by atoms with Gasteiger partial charge in [0.15, 0.2) is 8.07 Å². The third kappa shape index (κ3) is 3.46. The van der Waals surface area contributed by atoms with E-state index in [2.05, 4.69) is 144 Å². The van der Waals surface area contributed by atoms with Crippen LogP contribution in [0.2, 0.25) is 0 Å². The molecule has 3 aromatic heterocycles. The number of aryl methyl sites for hydroxylation is 2. The number of pyridine rings is 2. The number of benzene rings is 5. The zero-order valence-corrected chi connectivity index (χ0v) is 27.1. The lowest BCUT2D eigenvalue weighted by atomic mass is 10.1. The second kappa shape index (κ2) is 9.61. The van der Waals surface area contributed by atoms with Crippen molar-refractivity contribution in [1.82, 2.24) is 14.5 Å². The SMILES string of the molecule is Cc1ccc2c(c1)[Si]1(c3ccccc3-c3ccccc31)c1cc(C)ccc1N2c1ccc2c(c1)c1ncccc1n2-c1cccnc1. The molecule has 0 saturated carbocycles. The summed E-state index contributed by atoms with van der Waals surface area (Å²) in [6.45, 7) is 4.46. The van der Waals surface area contributed by atoms with Gasteiger partial charge in [-0.1, -0.05) is 83.9 Å². The van der Waals surface area contributed by atoms with Crippen molar-refractivity contribution in [2.75, 3.05) is 4.90 Å². The standard InChI is InChI=1S/C42H30N4Si/c1-27-15-18-35-40(23-27)47(38-13-5-3-10-31(38)32-11-4-6-14-39(32)47)41-24-28(2)16-19-36(41)45(35)29-17-20-34-33(25-29)42-37(12-8-22-44-42)46(34)30-9-7-21-43-26-30/h3-26H,1-2H3. The molecule has 2 aliphatic rings. The van der Waals surface area contributed by atoms with Gasteiger partial charge < -0.3 is 9.47 Å². The Labute approximate surface area is 274 Å². The third-order valence-corrected chi connectivity index (χ3v) is 15.1. The molecule has 0 atom stereocenters. The minimum atomic E-state index is -2.64. The lowest BCUT2D eigenvalue weighted by Gasteiger charge is -2.44. The summed E-state index contributed by atoms with van der Waals surface area (Å²) in [5.41, 5.74) is 13.2. The lowest BCUT2D eigenvalue weighted by Crippen LogP contribution is -2.75.